The van der Waals surface area contributed by atoms with E-state index in [4.69, 9.17) is 13.9 Å². The predicted octanol–water partition coefficient (Wildman–Crippen LogP) is 2.17. The molecule has 2 rings (SSSR count). The average molecular weight is 294 g/mol. The molecular weight excluding hydrogens is 272 g/mol. The second-order valence-corrected chi connectivity index (χ2v) is 5.19. The highest BCUT2D eigenvalue weighted by molar-refractivity contribution is 5.99. The van der Waals surface area contributed by atoms with Crippen molar-refractivity contribution in [1.29, 1.82) is 0 Å². The Morgan fingerprint density at radius 2 is 2.19 bits per heavy atom. The van der Waals surface area contributed by atoms with Crippen LogP contribution in [0.4, 0.5) is 0 Å². The van der Waals surface area contributed by atoms with Crippen molar-refractivity contribution in [3.05, 3.63) is 24.2 Å². The number of amidine groups is 1. The minimum Gasteiger partial charge on any atom is -0.462 e. The van der Waals surface area contributed by atoms with E-state index in [1.165, 1.54) is 6.26 Å². The van der Waals surface area contributed by atoms with E-state index in [1.54, 1.807) is 19.2 Å². The third-order valence-corrected chi connectivity index (χ3v) is 3.50. The number of amides is 1. The van der Waals surface area contributed by atoms with Gasteiger partial charge in [-0.05, 0) is 30.9 Å². The number of ether oxygens (including phenoxy) is 2. The number of piperidine rings is 1. The SMILES string of the molecule is COCCOC(=NC(=O)c1ccco1)N1CCC(C)CC1. The largest absolute Gasteiger partial charge is 0.462 e. The van der Waals surface area contributed by atoms with Crippen molar-refractivity contribution in [3.63, 3.8) is 0 Å². The van der Waals surface area contributed by atoms with Gasteiger partial charge in [0, 0.05) is 20.2 Å². The Hall–Kier alpha value is -1.82. The molecule has 1 fully saturated rings. The summed E-state index contributed by atoms with van der Waals surface area (Å²) in [4.78, 5) is 18.1. The lowest BCUT2D eigenvalue weighted by Crippen LogP contribution is -2.40. The fraction of sp³-hybridized carbons (Fsp3) is 0.600. The Labute approximate surface area is 124 Å². The van der Waals surface area contributed by atoms with E-state index in [0.29, 0.717) is 25.2 Å². The number of likely N-dealkylation sites (tertiary alicyclic amines) is 1. The molecule has 0 unspecified atom stereocenters. The fourth-order valence-electron chi connectivity index (χ4n) is 2.15. The smallest absolute Gasteiger partial charge is 0.317 e. The molecule has 6 heteroatoms. The van der Waals surface area contributed by atoms with Crippen LogP contribution in [-0.4, -0.2) is 50.2 Å². The molecule has 0 N–H and O–H groups in total. The number of hydrogen-bond donors (Lipinski definition) is 0. The maximum atomic E-state index is 12.0. The molecule has 1 amide bonds. The van der Waals surface area contributed by atoms with Crippen LogP contribution < -0.4 is 0 Å². The van der Waals surface area contributed by atoms with Crippen LogP contribution in [0.1, 0.15) is 30.3 Å². The lowest BCUT2D eigenvalue weighted by atomic mass is 10.00. The standard InChI is InChI=1S/C15H22N2O4/c1-12-5-7-17(8-6-12)15(21-11-10-19-2)16-14(18)13-4-3-9-20-13/h3-4,9,12H,5-8,10-11H2,1-2H3. The summed E-state index contributed by atoms with van der Waals surface area (Å²) in [7, 11) is 1.61. The highest BCUT2D eigenvalue weighted by atomic mass is 16.5. The van der Waals surface area contributed by atoms with Crippen molar-refractivity contribution in [3.8, 4) is 0 Å². The number of carbonyl (C=O) groups excluding carboxylic acids is 1. The van der Waals surface area contributed by atoms with E-state index < -0.39 is 5.91 Å². The molecule has 21 heavy (non-hydrogen) atoms. The van der Waals surface area contributed by atoms with E-state index in [-0.39, 0.29) is 5.76 Å². The van der Waals surface area contributed by atoms with Gasteiger partial charge in [-0.25, -0.2) is 0 Å². The van der Waals surface area contributed by atoms with Crippen molar-refractivity contribution in [2.75, 3.05) is 33.4 Å². The first kappa shape index (κ1) is 15.6. The molecule has 0 atom stereocenters. The maximum Gasteiger partial charge on any atom is 0.317 e. The first-order valence-electron chi connectivity index (χ1n) is 7.24. The molecule has 0 aliphatic carbocycles. The Morgan fingerprint density at radius 1 is 1.43 bits per heavy atom. The molecule has 1 saturated heterocycles. The van der Waals surface area contributed by atoms with Gasteiger partial charge in [-0.2, -0.15) is 4.99 Å². The van der Waals surface area contributed by atoms with Crippen LogP contribution in [-0.2, 0) is 9.47 Å². The van der Waals surface area contributed by atoms with Crippen molar-refractivity contribution >= 4 is 11.9 Å². The van der Waals surface area contributed by atoms with Crippen LogP contribution in [0.3, 0.4) is 0 Å². The minimum atomic E-state index is -0.425. The topological polar surface area (TPSA) is 64.3 Å². The summed E-state index contributed by atoms with van der Waals surface area (Å²) in [5, 5.41) is 0. The Bertz CT molecular complexity index is 462. The second kappa shape index (κ2) is 7.83. The monoisotopic (exact) mass is 294 g/mol. The van der Waals surface area contributed by atoms with Crippen LogP contribution >= 0.6 is 0 Å². The Morgan fingerprint density at radius 3 is 2.81 bits per heavy atom. The average Bonchev–Trinajstić information content (AvgIpc) is 3.01. The summed E-state index contributed by atoms with van der Waals surface area (Å²) in [5.74, 6) is 0.488. The summed E-state index contributed by atoms with van der Waals surface area (Å²) in [6.07, 6.45) is 3.60. The van der Waals surface area contributed by atoms with Gasteiger partial charge in [0.05, 0.1) is 12.9 Å². The van der Waals surface area contributed by atoms with Gasteiger partial charge in [0.25, 0.3) is 6.02 Å². The summed E-state index contributed by atoms with van der Waals surface area (Å²) < 4.78 is 15.7. The quantitative estimate of drug-likeness (QED) is 0.484. The lowest BCUT2D eigenvalue weighted by Gasteiger charge is -2.31. The number of hydrogen-bond acceptors (Lipinski definition) is 4. The highest BCUT2D eigenvalue weighted by Crippen LogP contribution is 2.17. The van der Waals surface area contributed by atoms with Crippen molar-refractivity contribution in [1.82, 2.24) is 4.90 Å². The molecule has 0 spiro atoms. The minimum absolute atomic E-state index is 0.216. The zero-order valence-corrected chi connectivity index (χ0v) is 12.6. The summed E-state index contributed by atoms with van der Waals surface area (Å²) in [6.45, 7) is 4.75. The lowest BCUT2D eigenvalue weighted by molar-refractivity contribution is 0.0949. The molecule has 0 saturated carbocycles. The molecule has 6 nitrogen and oxygen atoms in total. The highest BCUT2D eigenvalue weighted by Gasteiger charge is 2.22. The molecule has 0 bridgehead atoms. The van der Waals surface area contributed by atoms with Crippen LogP contribution in [0, 0.1) is 5.92 Å². The first-order chi connectivity index (χ1) is 10.2. The molecule has 116 valence electrons. The number of furan rings is 1. The van der Waals surface area contributed by atoms with Gasteiger partial charge in [0.1, 0.15) is 6.61 Å². The summed E-state index contributed by atoms with van der Waals surface area (Å²) >= 11 is 0. The van der Waals surface area contributed by atoms with Crippen LogP contribution in [0.5, 0.6) is 0 Å². The first-order valence-corrected chi connectivity index (χ1v) is 7.24. The molecule has 1 aliphatic rings. The number of rotatable bonds is 4. The van der Waals surface area contributed by atoms with Gasteiger partial charge in [0.2, 0.25) is 0 Å². The number of carbonyl (C=O) groups is 1. The van der Waals surface area contributed by atoms with Gasteiger partial charge in [0.15, 0.2) is 5.76 Å². The molecule has 1 aliphatic heterocycles. The van der Waals surface area contributed by atoms with Crippen molar-refractivity contribution < 1.29 is 18.7 Å². The van der Waals surface area contributed by atoms with Crippen LogP contribution in [0.2, 0.25) is 0 Å². The number of aliphatic imine (C=N–C) groups is 1. The molecule has 1 aromatic rings. The Kier molecular flexibility index (Phi) is 5.80. The van der Waals surface area contributed by atoms with E-state index in [1.807, 2.05) is 4.90 Å². The van der Waals surface area contributed by atoms with Gasteiger partial charge in [-0.15, -0.1) is 0 Å². The number of methoxy groups -OCH3 is 1. The molecule has 0 aromatic carbocycles. The molecule has 1 aromatic heterocycles. The molecule has 2 heterocycles. The maximum absolute atomic E-state index is 12.0. The van der Waals surface area contributed by atoms with E-state index in [9.17, 15) is 4.79 Å². The molecular formula is C15H22N2O4. The van der Waals surface area contributed by atoms with Crippen molar-refractivity contribution in [2.45, 2.75) is 19.8 Å². The van der Waals surface area contributed by atoms with Gasteiger partial charge < -0.3 is 18.8 Å². The number of nitrogens with zero attached hydrogens (tertiary/aromatic N) is 2. The van der Waals surface area contributed by atoms with E-state index in [2.05, 4.69) is 11.9 Å². The molecule has 0 radical (unpaired) electrons. The zero-order valence-electron chi connectivity index (χ0n) is 12.6. The summed E-state index contributed by atoms with van der Waals surface area (Å²) in [5.41, 5.74) is 0. The third-order valence-electron chi connectivity index (χ3n) is 3.50. The van der Waals surface area contributed by atoms with E-state index in [0.717, 1.165) is 25.9 Å². The van der Waals surface area contributed by atoms with Gasteiger partial charge in [-0.1, -0.05) is 6.92 Å². The fourth-order valence-corrected chi connectivity index (χ4v) is 2.15. The Balaban J connectivity index is 2.05. The van der Waals surface area contributed by atoms with Crippen LogP contribution in [0.25, 0.3) is 0 Å². The zero-order chi connectivity index (χ0) is 15.1. The van der Waals surface area contributed by atoms with Crippen molar-refractivity contribution in [2.24, 2.45) is 10.9 Å². The van der Waals surface area contributed by atoms with Gasteiger partial charge in [-0.3, -0.25) is 4.79 Å². The second-order valence-electron chi connectivity index (χ2n) is 5.19. The van der Waals surface area contributed by atoms with Crippen LogP contribution in [0.15, 0.2) is 27.8 Å². The normalized spacial score (nSPS) is 17.0. The predicted molar refractivity (Wildman–Crippen MR) is 78.3 cm³/mol. The van der Waals surface area contributed by atoms with Gasteiger partial charge >= 0.3 is 5.91 Å². The summed E-state index contributed by atoms with van der Waals surface area (Å²) in [6, 6.07) is 3.62. The van der Waals surface area contributed by atoms with E-state index >= 15 is 0 Å². The third kappa shape index (κ3) is 4.60.